The van der Waals surface area contributed by atoms with Crippen molar-refractivity contribution < 1.29 is 17.5 Å². The Morgan fingerprint density at radius 3 is 2.18 bits per heavy atom. The molecule has 0 amide bonds. The molecule has 0 aliphatic carbocycles. The zero-order valence-corrected chi connectivity index (χ0v) is 17.9. The summed E-state index contributed by atoms with van der Waals surface area (Å²) in [6, 6.07) is 5.89. The summed E-state index contributed by atoms with van der Waals surface area (Å²) >= 11 is 0. The van der Waals surface area contributed by atoms with Crippen LogP contribution in [-0.2, 0) is 15.6 Å². The second kappa shape index (κ2) is 7.48. The number of sulfonamides is 1. The lowest BCUT2D eigenvalue weighted by atomic mass is 10.1. The minimum absolute atomic E-state index is 0.0867. The number of benzene rings is 1. The summed E-state index contributed by atoms with van der Waals surface area (Å²) in [7, 11) is -3.62. The second-order valence-electron chi connectivity index (χ2n) is 8.26. The van der Waals surface area contributed by atoms with E-state index < -0.39 is 10.0 Å². The zero-order valence-electron chi connectivity index (χ0n) is 17.1. The lowest BCUT2D eigenvalue weighted by Crippen LogP contribution is -2.42. The maximum atomic E-state index is 13.3. The fourth-order valence-electron chi connectivity index (χ4n) is 3.68. The van der Waals surface area contributed by atoms with Gasteiger partial charge in [0.15, 0.2) is 0 Å². The number of hydrogen-bond acceptors (Lipinski definition) is 4. The van der Waals surface area contributed by atoms with Gasteiger partial charge >= 0.3 is 0 Å². The van der Waals surface area contributed by atoms with Crippen molar-refractivity contribution in [3.05, 3.63) is 41.5 Å². The van der Waals surface area contributed by atoms with Crippen LogP contribution in [0.5, 0.6) is 5.75 Å². The molecule has 28 heavy (non-hydrogen) atoms. The van der Waals surface area contributed by atoms with Crippen molar-refractivity contribution in [2.24, 2.45) is 0 Å². The van der Waals surface area contributed by atoms with Gasteiger partial charge in [0.1, 0.15) is 22.6 Å². The molecule has 0 unspecified atom stereocenters. The lowest BCUT2D eigenvalue weighted by Gasteiger charge is -2.31. The molecule has 2 aromatic rings. The van der Waals surface area contributed by atoms with E-state index in [9.17, 15) is 12.8 Å². The van der Waals surface area contributed by atoms with Crippen LogP contribution < -0.4 is 4.74 Å². The first-order chi connectivity index (χ1) is 13.0. The summed E-state index contributed by atoms with van der Waals surface area (Å²) in [4.78, 5) is 0.306. The van der Waals surface area contributed by atoms with Crippen molar-refractivity contribution >= 4 is 10.0 Å². The van der Waals surface area contributed by atoms with Crippen LogP contribution in [-0.4, -0.2) is 41.7 Å². The molecule has 1 aliphatic heterocycles. The maximum absolute atomic E-state index is 13.3. The predicted molar refractivity (Wildman–Crippen MR) is 106 cm³/mol. The van der Waals surface area contributed by atoms with Gasteiger partial charge in [-0.05, 0) is 71.7 Å². The van der Waals surface area contributed by atoms with Gasteiger partial charge in [-0.1, -0.05) is 0 Å². The highest BCUT2D eigenvalue weighted by Gasteiger charge is 2.35. The molecule has 6 nitrogen and oxygen atoms in total. The first-order valence-electron chi connectivity index (χ1n) is 9.49. The number of hydrogen-bond donors (Lipinski definition) is 0. The normalized spacial score (nSPS) is 17.1. The van der Waals surface area contributed by atoms with Crippen LogP contribution in [0.3, 0.4) is 0 Å². The van der Waals surface area contributed by atoms with Crippen molar-refractivity contribution in [2.75, 3.05) is 13.1 Å². The fourth-order valence-corrected chi connectivity index (χ4v) is 5.50. The van der Waals surface area contributed by atoms with Gasteiger partial charge in [-0.25, -0.2) is 12.8 Å². The summed E-state index contributed by atoms with van der Waals surface area (Å²) in [5.74, 6) is 0.288. The molecule has 1 aromatic heterocycles. The van der Waals surface area contributed by atoms with Gasteiger partial charge in [0.25, 0.3) is 0 Å². The van der Waals surface area contributed by atoms with Gasteiger partial charge < -0.3 is 4.74 Å². The molecule has 0 saturated carbocycles. The van der Waals surface area contributed by atoms with E-state index in [-0.39, 0.29) is 17.5 Å². The third kappa shape index (κ3) is 4.07. The molecule has 1 aromatic carbocycles. The van der Waals surface area contributed by atoms with Crippen LogP contribution in [0.15, 0.2) is 29.2 Å². The first kappa shape index (κ1) is 20.8. The smallest absolute Gasteiger partial charge is 0.246 e. The van der Waals surface area contributed by atoms with Gasteiger partial charge in [-0.2, -0.15) is 9.40 Å². The van der Waals surface area contributed by atoms with E-state index in [1.807, 2.05) is 27.7 Å². The minimum Gasteiger partial charge on any atom is -0.490 e. The largest absolute Gasteiger partial charge is 0.490 e. The fraction of sp³-hybridized carbons (Fsp3) is 0.550. The van der Waals surface area contributed by atoms with E-state index in [1.54, 1.807) is 23.7 Å². The number of ether oxygens (including phenoxy) is 1. The first-order valence-corrected chi connectivity index (χ1v) is 10.9. The number of aryl methyl sites for hydroxylation is 1. The number of aromatic nitrogens is 2. The van der Waals surface area contributed by atoms with Crippen LogP contribution >= 0.6 is 0 Å². The van der Waals surface area contributed by atoms with Gasteiger partial charge in [-0.15, -0.1) is 0 Å². The molecular formula is C20H28FN3O3S. The van der Waals surface area contributed by atoms with Crippen molar-refractivity contribution in [2.45, 2.75) is 64.0 Å². The SMILES string of the molecule is Cc1nn(C(C)(C)C)c(C)c1S(=O)(=O)N1CCC(Oc2ccc(F)cc2)CC1. The molecule has 1 fully saturated rings. The van der Waals surface area contributed by atoms with E-state index in [0.29, 0.717) is 48.0 Å². The Labute approximate surface area is 166 Å². The summed E-state index contributed by atoms with van der Waals surface area (Å²) in [5.41, 5.74) is 0.894. The molecule has 154 valence electrons. The van der Waals surface area contributed by atoms with Gasteiger partial charge in [-0.3, -0.25) is 4.68 Å². The summed E-state index contributed by atoms with van der Waals surface area (Å²) in [6.07, 6.45) is 1.08. The molecular weight excluding hydrogens is 381 g/mol. The summed E-state index contributed by atoms with van der Waals surface area (Å²) < 4.78 is 48.7. The van der Waals surface area contributed by atoms with Crippen LogP contribution in [0, 0.1) is 19.7 Å². The maximum Gasteiger partial charge on any atom is 0.246 e. The highest BCUT2D eigenvalue weighted by Crippen LogP contribution is 2.30. The number of nitrogens with zero attached hydrogens (tertiary/aromatic N) is 3. The molecule has 1 saturated heterocycles. The molecule has 3 rings (SSSR count). The Kier molecular flexibility index (Phi) is 5.55. The Balaban J connectivity index is 1.73. The Hall–Kier alpha value is -1.93. The standard InChI is InChI=1S/C20H28FN3O3S/c1-14-19(15(2)24(22-14)20(3,4)5)28(25,26)23-12-10-18(11-13-23)27-17-8-6-16(21)7-9-17/h6-9,18H,10-13H2,1-5H3. The Morgan fingerprint density at radius 2 is 1.68 bits per heavy atom. The molecule has 0 spiro atoms. The predicted octanol–water partition coefficient (Wildman–Crippen LogP) is 3.63. The number of halogens is 1. The lowest BCUT2D eigenvalue weighted by molar-refractivity contribution is 0.135. The average Bonchev–Trinajstić information content (AvgIpc) is 2.93. The number of piperidine rings is 1. The van der Waals surface area contributed by atoms with Crippen molar-refractivity contribution in [1.82, 2.24) is 14.1 Å². The molecule has 0 bridgehead atoms. The van der Waals surface area contributed by atoms with E-state index in [0.717, 1.165) is 0 Å². The van der Waals surface area contributed by atoms with E-state index in [2.05, 4.69) is 5.10 Å². The minimum atomic E-state index is -3.62. The van der Waals surface area contributed by atoms with E-state index in [1.165, 1.54) is 16.4 Å². The van der Waals surface area contributed by atoms with Gasteiger partial charge in [0.05, 0.1) is 16.9 Å². The topological polar surface area (TPSA) is 64.4 Å². The highest BCUT2D eigenvalue weighted by atomic mass is 32.2. The summed E-state index contributed by atoms with van der Waals surface area (Å²) in [5, 5.41) is 4.48. The van der Waals surface area contributed by atoms with Crippen molar-refractivity contribution in [1.29, 1.82) is 0 Å². The quantitative estimate of drug-likeness (QED) is 0.774. The molecule has 1 aliphatic rings. The van der Waals surface area contributed by atoms with Crippen LogP contribution in [0.25, 0.3) is 0 Å². The third-order valence-electron chi connectivity index (χ3n) is 4.98. The molecule has 2 heterocycles. The third-order valence-corrected chi connectivity index (χ3v) is 7.13. The van der Waals surface area contributed by atoms with E-state index >= 15 is 0 Å². The monoisotopic (exact) mass is 409 g/mol. The Bertz CT molecular complexity index is 938. The molecule has 0 radical (unpaired) electrons. The second-order valence-corrected chi connectivity index (χ2v) is 10.1. The average molecular weight is 410 g/mol. The number of rotatable bonds is 4. The van der Waals surface area contributed by atoms with Gasteiger partial charge in [0, 0.05) is 13.1 Å². The van der Waals surface area contributed by atoms with Gasteiger partial charge in [0.2, 0.25) is 10.0 Å². The molecule has 8 heteroatoms. The molecule has 0 N–H and O–H groups in total. The van der Waals surface area contributed by atoms with Crippen LogP contribution in [0.2, 0.25) is 0 Å². The highest BCUT2D eigenvalue weighted by molar-refractivity contribution is 7.89. The van der Waals surface area contributed by atoms with Crippen LogP contribution in [0.1, 0.15) is 45.0 Å². The van der Waals surface area contributed by atoms with E-state index in [4.69, 9.17) is 4.74 Å². The Morgan fingerprint density at radius 1 is 1.11 bits per heavy atom. The van der Waals surface area contributed by atoms with Crippen molar-refractivity contribution in [3.63, 3.8) is 0 Å². The van der Waals surface area contributed by atoms with Crippen molar-refractivity contribution in [3.8, 4) is 5.75 Å². The van der Waals surface area contributed by atoms with Crippen LogP contribution in [0.4, 0.5) is 4.39 Å². The molecule has 0 atom stereocenters. The zero-order chi connectivity index (χ0) is 20.7. The summed E-state index contributed by atoms with van der Waals surface area (Å²) in [6.45, 7) is 10.3.